The van der Waals surface area contributed by atoms with Crippen molar-refractivity contribution in [3.05, 3.63) is 71.7 Å². The van der Waals surface area contributed by atoms with Gasteiger partial charge >= 0.3 is 0 Å². The van der Waals surface area contributed by atoms with E-state index in [2.05, 4.69) is 49.9 Å². The third-order valence-electron chi connectivity index (χ3n) is 6.54. The van der Waals surface area contributed by atoms with E-state index in [0.29, 0.717) is 30.1 Å². The van der Waals surface area contributed by atoms with E-state index in [9.17, 15) is 8.42 Å². The van der Waals surface area contributed by atoms with Crippen LogP contribution in [-0.4, -0.2) is 62.2 Å². The summed E-state index contributed by atoms with van der Waals surface area (Å²) in [6.45, 7) is 4.99. The Morgan fingerprint density at radius 3 is 2.74 bits per heavy atom. The number of likely N-dealkylation sites (tertiary alicyclic amines) is 1. The van der Waals surface area contributed by atoms with E-state index >= 15 is 0 Å². The average molecular weight is 483 g/mol. The van der Waals surface area contributed by atoms with Crippen LogP contribution in [0.15, 0.2) is 59.8 Å². The van der Waals surface area contributed by atoms with Crippen molar-refractivity contribution in [3.8, 4) is 11.5 Å². The van der Waals surface area contributed by atoms with Crippen LogP contribution >= 0.6 is 0 Å². The standard InChI is InChI=1S/C25H30N4O4S/c1-18-26-16-25(28-18)34(30,31)27-10-13-32-20-8-9-24-22(15-20)21(14-19-6-3-2-4-7-19)23(17-33-24)29-11-5-12-29/h2-4,6-9,15-16,21,23,27H,5,10-14,17H2,1H3,(H,26,28)/t21-,23+/m0/s1. The molecule has 2 aliphatic rings. The maximum Gasteiger partial charge on any atom is 0.257 e. The summed E-state index contributed by atoms with van der Waals surface area (Å²) in [5.74, 6) is 2.47. The number of nitrogens with zero attached hydrogens (tertiary/aromatic N) is 2. The van der Waals surface area contributed by atoms with Crippen molar-refractivity contribution >= 4 is 10.0 Å². The molecule has 1 saturated heterocycles. The number of ether oxygens (including phenoxy) is 2. The number of nitrogens with one attached hydrogen (secondary N) is 2. The molecular formula is C25H30N4O4S. The smallest absolute Gasteiger partial charge is 0.257 e. The maximum absolute atomic E-state index is 12.3. The number of hydrogen-bond donors (Lipinski definition) is 2. The molecule has 180 valence electrons. The number of aromatic amines is 1. The highest BCUT2D eigenvalue weighted by Crippen LogP contribution is 2.41. The first kappa shape index (κ1) is 22.9. The summed E-state index contributed by atoms with van der Waals surface area (Å²) >= 11 is 0. The Kier molecular flexibility index (Phi) is 6.58. The molecule has 0 aliphatic carbocycles. The van der Waals surface area contributed by atoms with Gasteiger partial charge in [-0.05, 0) is 56.6 Å². The van der Waals surface area contributed by atoms with Gasteiger partial charge in [0.1, 0.15) is 30.5 Å². The highest BCUT2D eigenvalue weighted by atomic mass is 32.2. The van der Waals surface area contributed by atoms with Crippen LogP contribution in [0.5, 0.6) is 11.5 Å². The molecule has 0 saturated carbocycles. The Morgan fingerprint density at radius 1 is 1.21 bits per heavy atom. The molecule has 0 amide bonds. The number of aromatic nitrogens is 2. The minimum Gasteiger partial charge on any atom is -0.492 e. The lowest BCUT2D eigenvalue weighted by molar-refractivity contribution is 0.0500. The number of fused-ring (bicyclic) bond motifs is 1. The molecule has 8 nitrogen and oxygen atoms in total. The second-order valence-corrected chi connectivity index (χ2v) is 10.6. The van der Waals surface area contributed by atoms with E-state index in [-0.39, 0.29) is 18.2 Å². The lowest BCUT2D eigenvalue weighted by atomic mass is 9.82. The maximum atomic E-state index is 12.3. The highest BCUT2D eigenvalue weighted by Gasteiger charge is 2.37. The van der Waals surface area contributed by atoms with E-state index in [0.717, 1.165) is 30.8 Å². The summed E-state index contributed by atoms with van der Waals surface area (Å²) in [5.41, 5.74) is 2.46. The molecule has 0 unspecified atom stereocenters. The summed E-state index contributed by atoms with van der Waals surface area (Å²) < 4.78 is 39.3. The minimum atomic E-state index is -3.64. The first-order chi connectivity index (χ1) is 16.5. The average Bonchev–Trinajstić information content (AvgIpc) is 3.25. The highest BCUT2D eigenvalue weighted by molar-refractivity contribution is 7.89. The number of benzene rings is 2. The van der Waals surface area contributed by atoms with Gasteiger partial charge in [0.05, 0.1) is 12.2 Å². The molecule has 2 aromatic carbocycles. The van der Waals surface area contributed by atoms with Crippen LogP contribution in [0.1, 0.15) is 29.3 Å². The van der Waals surface area contributed by atoms with Crippen molar-refractivity contribution in [3.63, 3.8) is 0 Å². The van der Waals surface area contributed by atoms with E-state index in [1.807, 2.05) is 18.2 Å². The summed E-state index contributed by atoms with van der Waals surface area (Å²) in [6.07, 6.45) is 3.48. The fourth-order valence-electron chi connectivity index (χ4n) is 4.64. The summed E-state index contributed by atoms with van der Waals surface area (Å²) in [5, 5.41) is 0.0525. The van der Waals surface area contributed by atoms with Gasteiger partial charge in [0, 0.05) is 18.0 Å². The number of rotatable bonds is 9. The molecule has 2 aliphatic heterocycles. The van der Waals surface area contributed by atoms with Crippen LogP contribution in [-0.2, 0) is 16.4 Å². The van der Waals surface area contributed by atoms with Crippen LogP contribution in [0.25, 0.3) is 0 Å². The second kappa shape index (κ2) is 9.77. The van der Waals surface area contributed by atoms with Crippen LogP contribution < -0.4 is 14.2 Å². The number of H-pyrrole nitrogens is 1. The van der Waals surface area contributed by atoms with Crippen molar-refractivity contribution in [2.75, 3.05) is 32.8 Å². The summed E-state index contributed by atoms with van der Waals surface area (Å²) in [7, 11) is -3.64. The van der Waals surface area contributed by atoms with E-state index < -0.39 is 10.0 Å². The number of imidazole rings is 1. The molecule has 2 N–H and O–H groups in total. The minimum absolute atomic E-state index is 0.0525. The number of hydrogen-bond acceptors (Lipinski definition) is 6. The second-order valence-electron chi connectivity index (χ2n) is 8.84. The summed E-state index contributed by atoms with van der Waals surface area (Å²) in [4.78, 5) is 9.19. The molecular weight excluding hydrogens is 452 g/mol. The zero-order valence-corrected chi connectivity index (χ0v) is 20.1. The number of aryl methyl sites for hydroxylation is 1. The van der Waals surface area contributed by atoms with Gasteiger partial charge in [0.25, 0.3) is 10.0 Å². The predicted octanol–water partition coefficient (Wildman–Crippen LogP) is 2.87. The lowest BCUT2D eigenvalue weighted by Gasteiger charge is -2.45. The van der Waals surface area contributed by atoms with Crippen LogP contribution in [0.2, 0.25) is 0 Å². The fraction of sp³-hybridized carbons (Fsp3) is 0.400. The van der Waals surface area contributed by atoms with Crippen molar-refractivity contribution in [1.82, 2.24) is 19.6 Å². The molecule has 3 heterocycles. The van der Waals surface area contributed by atoms with Crippen molar-refractivity contribution in [2.24, 2.45) is 0 Å². The quantitative estimate of drug-likeness (QED) is 0.456. The summed E-state index contributed by atoms with van der Waals surface area (Å²) in [6, 6.07) is 16.8. The van der Waals surface area contributed by atoms with Gasteiger partial charge in [-0.3, -0.25) is 4.90 Å². The largest absolute Gasteiger partial charge is 0.492 e. The van der Waals surface area contributed by atoms with Gasteiger partial charge in [0.2, 0.25) is 0 Å². The Labute approximate surface area is 200 Å². The Morgan fingerprint density at radius 2 is 2.03 bits per heavy atom. The van der Waals surface area contributed by atoms with Gasteiger partial charge in [-0.2, -0.15) is 0 Å². The third kappa shape index (κ3) is 4.96. The van der Waals surface area contributed by atoms with E-state index in [1.54, 1.807) is 6.92 Å². The van der Waals surface area contributed by atoms with Crippen LogP contribution in [0.4, 0.5) is 0 Å². The van der Waals surface area contributed by atoms with Gasteiger partial charge in [0.15, 0.2) is 5.03 Å². The van der Waals surface area contributed by atoms with E-state index in [1.165, 1.54) is 18.2 Å². The molecule has 1 fully saturated rings. The van der Waals surface area contributed by atoms with E-state index in [4.69, 9.17) is 9.47 Å². The third-order valence-corrected chi connectivity index (χ3v) is 7.92. The zero-order valence-electron chi connectivity index (χ0n) is 19.2. The topological polar surface area (TPSA) is 96.6 Å². The molecule has 9 heteroatoms. The van der Waals surface area contributed by atoms with Gasteiger partial charge in [-0.1, -0.05) is 30.3 Å². The molecule has 0 radical (unpaired) electrons. The lowest BCUT2D eigenvalue weighted by Crippen LogP contribution is -2.52. The van der Waals surface area contributed by atoms with Crippen molar-refractivity contribution in [2.45, 2.75) is 36.8 Å². The molecule has 2 atom stereocenters. The first-order valence-electron chi connectivity index (χ1n) is 11.7. The van der Waals surface area contributed by atoms with Gasteiger partial charge < -0.3 is 14.5 Å². The monoisotopic (exact) mass is 482 g/mol. The Balaban J connectivity index is 1.28. The fourth-order valence-corrected chi connectivity index (χ4v) is 5.62. The SMILES string of the molecule is Cc1ncc(S(=O)(=O)NCCOc2ccc3c(c2)[C@H](Cc2ccccc2)[C@H](N2CCC2)CO3)[nH]1. The first-order valence-corrected chi connectivity index (χ1v) is 13.2. The number of sulfonamides is 1. The predicted molar refractivity (Wildman–Crippen MR) is 129 cm³/mol. The Bertz CT molecular complexity index is 1220. The molecule has 0 spiro atoms. The van der Waals surface area contributed by atoms with Crippen LogP contribution in [0, 0.1) is 6.92 Å². The zero-order chi connectivity index (χ0) is 23.5. The van der Waals surface area contributed by atoms with Gasteiger partial charge in [-0.15, -0.1) is 0 Å². The van der Waals surface area contributed by atoms with Gasteiger partial charge in [-0.25, -0.2) is 18.1 Å². The molecule has 34 heavy (non-hydrogen) atoms. The Hall–Kier alpha value is -2.88. The molecule has 1 aromatic heterocycles. The molecule has 3 aromatic rings. The molecule has 0 bridgehead atoms. The normalized spacial score (nSPS) is 20.3. The van der Waals surface area contributed by atoms with Crippen molar-refractivity contribution < 1.29 is 17.9 Å². The molecule has 5 rings (SSSR count). The van der Waals surface area contributed by atoms with Crippen molar-refractivity contribution in [1.29, 1.82) is 0 Å². The van der Waals surface area contributed by atoms with Crippen LogP contribution in [0.3, 0.4) is 0 Å².